The first-order chi connectivity index (χ1) is 4.66. The van der Waals surface area contributed by atoms with Gasteiger partial charge in [-0.3, -0.25) is 0 Å². The van der Waals surface area contributed by atoms with Crippen molar-refractivity contribution in [2.45, 2.75) is 32.3 Å². The van der Waals surface area contributed by atoms with Gasteiger partial charge < -0.3 is 20.7 Å². The smallest absolute Gasteiger partial charge is 0.157 e. The lowest BCUT2D eigenvalue weighted by Gasteiger charge is -2.12. The van der Waals surface area contributed by atoms with Crippen molar-refractivity contribution in [3.63, 3.8) is 0 Å². The molecule has 0 spiro atoms. The summed E-state index contributed by atoms with van der Waals surface area (Å²) in [6.07, 6.45) is -0.619. The molecule has 2 atom stereocenters. The lowest BCUT2D eigenvalue weighted by molar-refractivity contribution is -0.201. The van der Waals surface area contributed by atoms with Crippen LogP contribution in [0.15, 0.2) is 0 Å². The Morgan fingerprint density at radius 1 is 1.50 bits per heavy atom. The largest absolute Gasteiger partial charge is 0.368 e. The van der Waals surface area contributed by atoms with E-state index in [0.29, 0.717) is 19.4 Å². The number of hydrogen-bond donors (Lipinski definition) is 3. The van der Waals surface area contributed by atoms with Crippen LogP contribution < -0.4 is 5.73 Å². The van der Waals surface area contributed by atoms with Gasteiger partial charge in [-0.2, -0.15) is 0 Å². The molecular weight excluding hydrogens is 134 g/mol. The normalized spacial score (nSPS) is 16.8. The summed E-state index contributed by atoms with van der Waals surface area (Å²) >= 11 is 0. The Kier molecular flexibility index (Phi) is 5.52. The van der Waals surface area contributed by atoms with Crippen LogP contribution in [0.4, 0.5) is 0 Å². The highest BCUT2D eigenvalue weighted by Gasteiger charge is 2.05. The molecule has 0 aromatic heterocycles. The molecule has 0 fully saturated rings. The average molecular weight is 149 g/mol. The molecule has 0 aromatic carbocycles. The van der Waals surface area contributed by atoms with Crippen molar-refractivity contribution in [1.29, 1.82) is 0 Å². The van der Waals surface area contributed by atoms with Crippen LogP contribution in [0.1, 0.15) is 19.8 Å². The van der Waals surface area contributed by atoms with E-state index in [1.807, 2.05) is 0 Å². The molecule has 0 saturated carbocycles. The molecular formula is C6H15NO3. The molecule has 62 valence electrons. The van der Waals surface area contributed by atoms with E-state index in [1.165, 1.54) is 6.92 Å². The zero-order valence-corrected chi connectivity index (χ0v) is 6.16. The third-order valence-corrected chi connectivity index (χ3v) is 1.01. The van der Waals surface area contributed by atoms with Crippen LogP contribution in [-0.4, -0.2) is 29.3 Å². The van der Waals surface area contributed by atoms with Gasteiger partial charge in [-0.1, -0.05) is 0 Å². The second kappa shape index (κ2) is 5.61. The second-order valence-corrected chi connectivity index (χ2v) is 2.12. The van der Waals surface area contributed by atoms with E-state index in [0.717, 1.165) is 0 Å². The van der Waals surface area contributed by atoms with E-state index in [-0.39, 0.29) is 0 Å². The Labute approximate surface area is 60.6 Å². The number of nitrogens with two attached hydrogens (primary N) is 1. The Morgan fingerprint density at radius 2 is 2.10 bits per heavy atom. The number of rotatable bonds is 5. The van der Waals surface area contributed by atoms with Gasteiger partial charge in [-0.05, 0) is 26.3 Å². The van der Waals surface area contributed by atoms with Crippen molar-refractivity contribution in [3.05, 3.63) is 0 Å². The molecule has 0 rings (SSSR count). The Bertz CT molecular complexity index is 77.4. The predicted octanol–water partition coefficient (Wildman–Crippen LogP) is -0.601. The van der Waals surface area contributed by atoms with Crippen molar-refractivity contribution >= 4 is 0 Å². The van der Waals surface area contributed by atoms with Crippen molar-refractivity contribution in [2.24, 2.45) is 5.73 Å². The Morgan fingerprint density at radius 3 is 2.50 bits per heavy atom. The zero-order valence-electron chi connectivity index (χ0n) is 6.16. The monoisotopic (exact) mass is 149 g/mol. The van der Waals surface area contributed by atoms with Crippen molar-refractivity contribution in [3.8, 4) is 0 Å². The van der Waals surface area contributed by atoms with Crippen molar-refractivity contribution in [1.82, 2.24) is 0 Å². The first-order valence-electron chi connectivity index (χ1n) is 3.38. The molecule has 4 heteroatoms. The Balaban J connectivity index is 3.16. The molecule has 0 bridgehead atoms. The lowest BCUT2D eigenvalue weighted by atomic mass is 10.3. The molecule has 10 heavy (non-hydrogen) atoms. The highest BCUT2D eigenvalue weighted by atomic mass is 16.7. The van der Waals surface area contributed by atoms with E-state index >= 15 is 0 Å². The van der Waals surface area contributed by atoms with Gasteiger partial charge >= 0.3 is 0 Å². The van der Waals surface area contributed by atoms with Gasteiger partial charge in [0.1, 0.15) is 0 Å². The van der Waals surface area contributed by atoms with Gasteiger partial charge in [-0.25, -0.2) is 0 Å². The number of aliphatic hydroxyl groups excluding tert-OH is 2. The second-order valence-electron chi connectivity index (χ2n) is 2.12. The SMILES string of the molecule is CC(O)OC(O)CCCN. The van der Waals surface area contributed by atoms with Crippen LogP contribution in [0.25, 0.3) is 0 Å². The number of hydrogen-bond acceptors (Lipinski definition) is 4. The molecule has 0 aliphatic rings. The first kappa shape index (κ1) is 9.84. The summed E-state index contributed by atoms with van der Waals surface area (Å²) < 4.78 is 4.61. The molecule has 0 heterocycles. The summed E-state index contributed by atoms with van der Waals surface area (Å²) in [6, 6.07) is 0. The van der Waals surface area contributed by atoms with Crippen molar-refractivity contribution < 1.29 is 14.9 Å². The topological polar surface area (TPSA) is 75.7 Å². The van der Waals surface area contributed by atoms with E-state index < -0.39 is 12.6 Å². The summed E-state index contributed by atoms with van der Waals surface area (Å²) in [5.41, 5.74) is 5.18. The van der Waals surface area contributed by atoms with Crippen molar-refractivity contribution in [2.75, 3.05) is 6.54 Å². The lowest BCUT2D eigenvalue weighted by Crippen LogP contribution is -2.19. The fourth-order valence-electron chi connectivity index (χ4n) is 0.588. The fourth-order valence-corrected chi connectivity index (χ4v) is 0.588. The number of ether oxygens (including phenoxy) is 1. The van der Waals surface area contributed by atoms with Gasteiger partial charge in [0.2, 0.25) is 0 Å². The van der Waals surface area contributed by atoms with E-state index in [4.69, 9.17) is 15.9 Å². The van der Waals surface area contributed by atoms with E-state index in [2.05, 4.69) is 4.74 Å². The summed E-state index contributed by atoms with van der Waals surface area (Å²) in [6.45, 7) is 1.98. The molecule has 4 nitrogen and oxygen atoms in total. The Hall–Kier alpha value is -0.160. The summed E-state index contributed by atoms with van der Waals surface area (Å²) in [5, 5.41) is 17.5. The molecule has 0 radical (unpaired) electrons. The third kappa shape index (κ3) is 5.97. The minimum atomic E-state index is -0.909. The predicted molar refractivity (Wildman–Crippen MR) is 37.1 cm³/mol. The van der Waals surface area contributed by atoms with Gasteiger partial charge in [0.15, 0.2) is 12.6 Å². The van der Waals surface area contributed by atoms with Crippen LogP contribution in [0.2, 0.25) is 0 Å². The van der Waals surface area contributed by atoms with Crippen LogP contribution >= 0.6 is 0 Å². The first-order valence-corrected chi connectivity index (χ1v) is 3.38. The van der Waals surface area contributed by atoms with Crippen LogP contribution in [0.5, 0.6) is 0 Å². The maximum atomic E-state index is 8.91. The standard InChI is InChI=1S/C6H15NO3/c1-5(8)10-6(9)3-2-4-7/h5-6,8-9H,2-4,7H2,1H3. The van der Waals surface area contributed by atoms with Gasteiger partial charge in [0.05, 0.1) is 0 Å². The molecule has 0 aliphatic heterocycles. The molecule has 0 aromatic rings. The van der Waals surface area contributed by atoms with Gasteiger partial charge in [-0.15, -0.1) is 0 Å². The summed E-state index contributed by atoms with van der Waals surface area (Å²) in [7, 11) is 0. The van der Waals surface area contributed by atoms with E-state index in [9.17, 15) is 0 Å². The maximum Gasteiger partial charge on any atom is 0.157 e. The molecule has 0 saturated heterocycles. The minimum Gasteiger partial charge on any atom is -0.368 e. The van der Waals surface area contributed by atoms with Gasteiger partial charge in [0, 0.05) is 0 Å². The number of aliphatic hydroxyl groups is 2. The molecule has 2 unspecified atom stereocenters. The summed E-state index contributed by atoms with van der Waals surface area (Å²) in [5.74, 6) is 0. The summed E-state index contributed by atoms with van der Waals surface area (Å²) in [4.78, 5) is 0. The van der Waals surface area contributed by atoms with E-state index in [1.54, 1.807) is 0 Å². The molecule has 4 N–H and O–H groups in total. The highest BCUT2D eigenvalue weighted by molar-refractivity contribution is 4.44. The molecule has 0 aliphatic carbocycles. The fraction of sp³-hybridized carbons (Fsp3) is 1.00. The highest BCUT2D eigenvalue weighted by Crippen LogP contribution is 1.99. The minimum absolute atomic E-state index is 0.474. The van der Waals surface area contributed by atoms with Crippen LogP contribution in [0, 0.1) is 0 Å². The average Bonchev–Trinajstić information content (AvgIpc) is 1.82. The van der Waals surface area contributed by atoms with Gasteiger partial charge in [0.25, 0.3) is 0 Å². The van der Waals surface area contributed by atoms with Crippen LogP contribution in [-0.2, 0) is 4.74 Å². The quantitative estimate of drug-likeness (QED) is 0.456. The zero-order chi connectivity index (χ0) is 7.98. The van der Waals surface area contributed by atoms with Crippen LogP contribution in [0.3, 0.4) is 0 Å². The maximum absolute atomic E-state index is 8.91. The molecule has 0 amide bonds. The third-order valence-electron chi connectivity index (χ3n) is 1.01.